The van der Waals surface area contributed by atoms with Crippen LogP contribution in [0.4, 0.5) is 5.82 Å². The van der Waals surface area contributed by atoms with Gasteiger partial charge in [-0.1, -0.05) is 6.07 Å². The van der Waals surface area contributed by atoms with E-state index in [1.54, 1.807) is 6.20 Å². The number of morpholine rings is 1. The van der Waals surface area contributed by atoms with Crippen LogP contribution in [0.15, 0.2) is 41.8 Å². The summed E-state index contributed by atoms with van der Waals surface area (Å²) in [6, 6.07) is 6.14. The zero-order valence-corrected chi connectivity index (χ0v) is 17.7. The number of ether oxygens (including phenoxy) is 1. The predicted octanol–water partition coefficient (Wildman–Crippen LogP) is 2.04. The number of aromatic nitrogens is 3. The molecule has 0 saturated carbocycles. The lowest BCUT2D eigenvalue weighted by Crippen LogP contribution is -2.45. The number of aryl methyl sites for hydroxylation is 1. The van der Waals surface area contributed by atoms with Crippen molar-refractivity contribution >= 4 is 11.8 Å². The number of aliphatic imine (C=N–C) groups is 1. The van der Waals surface area contributed by atoms with Gasteiger partial charge in [0.1, 0.15) is 5.82 Å². The standard InChI is InChI=1S/C21H33N7O/c1-4-22-21(23-9-5-11-28-12-6-10-26-28)25-14-19-7-8-20(24-13-19)27-15-17(2)29-18(3)16-27/h6-8,10,12-13,17-18H,4-5,9,11,14-16H2,1-3H3,(H2,22,23,25). The van der Waals surface area contributed by atoms with Gasteiger partial charge in [-0.2, -0.15) is 5.10 Å². The van der Waals surface area contributed by atoms with Crippen LogP contribution >= 0.6 is 0 Å². The minimum absolute atomic E-state index is 0.229. The first-order valence-electron chi connectivity index (χ1n) is 10.5. The van der Waals surface area contributed by atoms with E-state index in [9.17, 15) is 0 Å². The fraction of sp³-hybridized carbons (Fsp3) is 0.571. The minimum Gasteiger partial charge on any atom is -0.372 e. The maximum Gasteiger partial charge on any atom is 0.191 e. The van der Waals surface area contributed by atoms with Crippen molar-refractivity contribution in [1.29, 1.82) is 0 Å². The molecule has 158 valence electrons. The van der Waals surface area contributed by atoms with E-state index in [0.717, 1.165) is 56.5 Å². The molecule has 1 saturated heterocycles. The molecule has 2 unspecified atom stereocenters. The van der Waals surface area contributed by atoms with Gasteiger partial charge in [-0.3, -0.25) is 4.68 Å². The van der Waals surface area contributed by atoms with E-state index in [1.165, 1.54) is 0 Å². The van der Waals surface area contributed by atoms with E-state index in [2.05, 4.69) is 63.5 Å². The Balaban J connectivity index is 1.49. The molecule has 1 fully saturated rings. The van der Waals surface area contributed by atoms with E-state index in [0.29, 0.717) is 6.54 Å². The summed E-state index contributed by atoms with van der Waals surface area (Å²) in [6.45, 7) is 11.2. The Bertz CT molecular complexity index is 735. The first kappa shape index (κ1) is 21.1. The number of guanidine groups is 1. The van der Waals surface area contributed by atoms with Gasteiger partial charge >= 0.3 is 0 Å². The lowest BCUT2D eigenvalue weighted by molar-refractivity contribution is -0.00545. The fourth-order valence-corrected chi connectivity index (χ4v) is 3.45. The number of anilines is 1. The number of rotatable bonds is 8. The molecular weight excluding hydrogens is 366 g/mol. The Kier molecular flexibility index (Phi) is 7.86. The first-order valence-corrected chi connectivity index (χ1v) is 10.5. The number of pyridine rings is 1. The van der Waals surface area contributed by atoms with Crippen LogP contribution in [0.1, 0.15) is 32.8 Å². The second kappa shape index (κ2) is 10.8. The van der Waals surface area contributed by atoms with Gasteiger partial charge in [0, 0.05) is 51.3 Å². The van der Waals surface area contributed by atoms with Gasteiger partial charge in [0.25, 0.3) is 0 Å². The quantitative estimate of drug-likeness (QED) is 0.402. The van der Waals surface area contributed by atoms with Gasteiger partial charge in [-0.25, -0.2) is 9.98 Å². The summed E-state index contributed by atoms with van der Waals surface area (Å²) >= 11 is 0. The second-order valence-corrected chi connectivity index (χ2v) is 7.43. The molecule has 3 rings (SSSR count). The molecule has 1 aliphatic heterocycles. The summed E-state index contributed by atoms with van der Waals surface area (Å²) < 4.78 is 7.74. The van der Waals surface area contributed by atoms with Gasteiger partial charge < -0.3 is 20.3 Å². The number of hydrogen-bond donors (Lipinski definition) is 2. The zero-order chi connectivity index (χ0) is 20.5. The second-order valence-electron chi connectivity index (χ2n) is 7.43. The molecule has 8 heteroatoms. The maximum absolute atomic E-state index is 5.80. The van der Waals surface area contributed by atoms with Crippen LogP contribution < -0.4 is 15.5 Å². The van der Waals surface area contributed by atoms with E-state index >= 15 is 0 Å². The van der Waals surface area contributed by atoms with Crippen molar-refractivity contribution in [3.05, 3.63) is 42.4 Å². The highest BCUT2D eigenvalue weighted by Gasteiger charge is 2.22. The number of nitrogens with one attached hydrogen (secondary N) is 2. The zero-order valence-electron chi connectivity index (χ0n) is 17.7. The number of nitrogens with zero attached hydrogens (tertiary/aromatic N) is 5. The fourth-order valence-electron chi connectivity index (χ4n) is 3.45. The molecule has 0 radical (unpaired) electrons. The molecule has 0 spiro atoms. The highest BCUT2D eigenvalue weighted by molar-refractivity contribution is 5.79. The molecule has 0 aromatic carbocycles. The smallest absolute Gasteiger partial charge is 0.191 e. The van der Waals surface area contributed by atoms with Crippen LogP contribution in [0.25, 0.3) is 0 Å². The topological polar surface area (TPSA) is 79.6 Å². The van der Waals surface area contributed by atoms with E-state index in [1.807, 2.05) is 23.1 Å². The molecule has 1 aliphatic rings. The van der Waals surface area contributed by atoms with Gasteiger partial charge in [0.2, 0.25) is 0 Å². The molecule has 0 aliphatic carbocycles. The van der Waals surface area contributed by atoms with Crippen molar-refractivity contribution in [1.82, 2.24) is 25.4 Å². The first-order chi connectivity index (χ1) is 14.1. The van der Waals surface area contributed by atoms with Crippen molar-refractivity contribution in [2.75, 3.05) is 31.1 Å². The summed E-state index contributed by atoms with van der Waals surface area (Å²) in [4.78, 5) is 11.6. The Morgan fingerprint density at radius 2 is 2.07 bits per heavy atom. The normalized spacial score (nSPS) is 20.0. The van der Waals surface area contributed by atoms with Gasteiger partial charge in [-0.15, -0.1) is 0 Å². The summed E-state index contributed by atoms with van der Waals surface area (Å²) in [5.41, 5.74) is 1.09. The van der Waals surface area contributed by atoms with Crippen LogP contribution in [-0.2, 0) is 17.8 Å². The summed E-state index contributed by atoms with van der Waals surface area (Å²) in [5.74, 6) is 1.83. The monoisotopic (exact) mass is 399 g/mol. The molecule has 29 heavy (non-hydrogen) atoms. The minimum atomic E-state index is 0.229. The molecule has 2 aromatic heterocycles. The molecule has 2 N–H and O–H groups in total. The van der Waals surface area contributed by atoms with E-state index in [-0.39, 0.29) is 12.2 Å². The van der Waals surface area contributed by atoms with E-state index in [4.69, 9.17) is 4.74 Å². The van der Waals surface area contributed by atoms with Crippen LogP contribution in [0.2, 0.25) is 0 Å². The van der Waals surface area contributed by atoms with Crippen molar-refractivity contribution < 1.29 is 4.74 Å². The summed E-state index contributed by atoms with van der Waals surface area (Å²) in [5, 5.41) is 10.9. The summed E-state index contributed by atoms with van der Waals surface area (Å²) in [7, 11) is 0. The van der Waals surface area contributed by atoms with E-state index < -0.39 is 0 Å². The lowest BCUT2D eigenvalue weighted by atomic mass is 10.2. The van der Waals surface area contributed by atoms with Gasteiger partial charge in [-0.05, 0) is 44.9 Å². The van der Waals surface area contributed by atoms with Crippen molar-refractivity contribution in [3.8, 4) is 0 Å². The Hall–Kier alpha value is -2.61. The van der Waals surface area contributed by atoms with Crippen LogP contribution in [0, 0.1) is 0 Å². The maximum atomic E-state index is 5.80. The van der Waals surface area contributed by atoms with Gasteiger partial charge in [0.05, 0.1) is 18.8 Å². The summed E-state index contributed by atoms with van der Waals surface area (Å²) in [6.07, 6.45) is 7.15. The Labute approximate surface area is 173 Å². The van der Waals surface area contributed by atoms with Gasteiger partial charge in [0.15, 0.2) is 5.96 Å². The molecular formula is C21H33N7O. The van der Waals surface area contributed by atoms with Crippen LogP contribution in [0.5, 0.6) is 0 Å². The third-order valence-electron chi connectivity index (χ3n) is 4.73. The number of hydrogen-bond acceptors (Lipinski definition) is 5. The Morgan fingerprint density at radius 3 is 2.72 bits per heavy atom. The van der Waals surface area contributed by atoms with Crippen molar-refractivity contribution in [3.63, 3.8) is 0 Å². The third-order valence-corrected chi connectivity index (χ3v) is 4.73. The van der Waals surface area contributed by atoms with Crippen LogP contribution in [-0.4, -0.2) is 59.1 Å². The third kappa shape index (κ3) is 6.74. The largest absolute Gasteiger partial charge is 0.372 e. The highest BCUT2D eigenvalue weighted by atomic mass is 16.5. The van der Waals surface area contributed by atoms with Crippen molar-refractivity contribution in [2.24, 2.45) is 4.99 Å². The van der Waals surface area contributed by atoms with Crippen LogP contribution in [0.3, 0.4) is 0 Å². The van der Waals surface area contributed by atoms with Crippen molar-refractivity contribution in [2.45, 2.75) is 52.5 Å². The SMILES string of the molecule is CCNC(=NCc1ccc(N2CC(C)OC(C)C2)nc1)NCCCn1cccn1. The molecule has 2 atom stereocenters. The predicted molar refractivity (Wildman–Crippen MR) is 116 cm³/mol. The Morgan fingerprint density at radius 1 is 1.24 bits per heavy atom. The average Bonchev–Trinajstić information content (AvgIpc) is 3.22. The molecule has 0 amide bonds. The lowest BCUT2D eigenvalue weighted by Gasteiger charge is -2.36. The average molecular weight is 400 g/mol. The molecule has 3 heterocycles. The molecule has 8 nitrogen and oxygen atoms in total. The molecule has 0 bridgehead atoms. The molecule has 2 aromatic rings. The highest BCUT2D eigenvalue weighted by Crippen LogP contribution is 2.18.